The summed E-state index contributed by atoms with van der Waals surface area (Å²) in [5.41, 5.74) is 0. The van der Waals surface area contributed by atoms with Crippen molar-refractivity contribution in [1.82, 2.24) is 5.32 Å². The number of carbonyl (C=O) groups excluding carboxylic acids is 1. The SMILES string of the molecule is O=C(N[C@H]1CCCC[C@@H]1Cl)C(Cl)(Cl)Cl. The third-order valence-electron chi connectivity index (χ3n) is 2.26. The number of carbonyl (C=O) groups is 1. The van der Waals surface area contributed by atoms with Gasteiger partial charge in [0.15, 0.2) is 0 Å². The lowest BCUT2D eigenvalue weighted by molar-refractivity contribution is -0.121. The van der Waals surface area contributed by atoms with Gasteiger partial charge in [-0.3, -0.25) is 4.79 Å². The lowest BCUT2D eigenvalue weighted by Crippen LogP contribution is -2.47. The van der Waals surface area contributed by atoms with Crippen LogP contribution in [0.2, 0.25) is 0 Å². The van der Waals surface area contributed by atoms with E-state index in [0.717, 1.165) is 25.7 Å². The van der Waals surface area contributed by atoms with Crippen molar-refractivity contribution < 1.29 is 4.79 Å². The third kappa shape index (κ3) is 3.65. The molecular formula is C8H11Cl4NO. The zero-order valence-electron chi connectivity index (χ0n) is 7.40. The molecule has 0 aliphatic heterocycles. The summed E-state index contributed by atoms with van der Waals surface area (Å²) in [6, 6.07) is -0.0754. The lowest BCUT2D eigenvalue weighted by atomic mass is 9.95. The number of alkyl halides is 4. The lowest BCUT2D eigenvalue weighted by Gasteiger charge is -2.28. The summed E-state index contributed by atoms with van der Waals surface area (Å²) in [6.07, 6.45) is 3.88. The summed E-state index contributed by atoms with van der Waals surface area (Å²) >= 11 is 22.3. The summed E-state index contributed by atoms with van der Waals surface area (Å²) in [5, 5.41) is 2.59. The van der Waals surface area contributed by atoms with Crippen LogP contribution in [0.4, 0.5) is 0 Å². The molecule has 1 saturated carbocycles. The molecule has 2 atom stereocenters. The number of amides is 1. The van der Waals surface area contributed by atoms with Crippen molar-refractivity contribution in [2.24, 2.45) is 0 Å². The maximum atomic E-state index is 11.3. The second kappa shape index (κ2) is 5.11. The first-order valence-corrected chi connectivity index (χ1v) is 6.00. The van der Waals surface area contributed by atoms with Gasteiger partial charge in [-0.05, 0) is 12.8 Å². The van der Waals surface area contributed by atoms with E-state index in [4.69, 9.17) is 46.4 Å². The van der Waals surface area contributed by atoms with Gasteiger partial charge in [-0.1, -0.05) is 47.6 Å². The molecule has 1 aliphatic carbocycles. The average Bonchev–Trinajstić information content (AvgIpc) is 2.07. The molecule has 1 rings (SSSR count). The Hall–Kier alpha value is 0.630. The molecule has 2 nitrogen and oxygen atoms in total. The molecule has 82 valence electrons. The number of rotatable bonds is 1. The van der Waals surface area contributed by atoms with Gasteiger partial charge < -0.3 is 5.32 Å². The molecule has 1 N–H and O–H groups in total. The van der Waals surface area contributed by atoms with Crippen molar-refractivity contribution in [3.63, 3.8) is 0 Å². The first-order chi connectivity index (χ1) is 6.41. The molecule has 14 heavy (non-hydrogen) atoms. The highest BCUT2D eigenvalue weighted by Gasteiger charge is 2.34. The van der Waals surface area contributed by atoms with Crippen molar-refractivity contribution >= 4 is 52.3 Å². The van der Waals surface area contributed by atoms with Crippen LogP contribution in [-0.2, 0) is 4.79 Å². The van der Waals surface area contributed by atoms with Crippen molar-refractivity contribution in [1.29, 1.82) is 0 Å². The fourth-order valence-corrected chi connectivity index (χ4v) is 2.01. The smallest absolute Gasteiger partial charge is 0.272 e. The van der Waals surface area contributed by atoms with Crippen molar-refractivity contribution in [3.8, 4) is 0 Å². The van der Waals surface area contributed by atoms with Gasteiger partial charge in [-0.15, -0.1) is 11.6 Å². The van der Waals surface area contributed by atoms with E-state index in [0.29, 0.717) is 0 Å². The molecule has 0 aromatic rings. The van der Waals surface area contributed by atoms with Crippen LogP contribution in [-0.4, -0.2) is 21.1 Å². The van der Waals surface area contributed by atoms with E-state index in [-0.39, 0.29) is 11.4 Å². The van der Waals surface area contributed by atoms with Crippen LogP contribution in [0.25, 0.3) is 0 Å². The van der Waals surface area contributed by atoms with Gasteiger partial charge in [0.05, 0.1) is 5.38 Å². The Morgan fingerprint density at radius 2 is 1.79 bits per heavy atom. The highest BCUT2D eigenvalue weighted by Crippen LogP contribution is 2.28. The quantitative estimate of drug-likeness (QED) is 0.734. The van der Waals surface area contributed by atoms with Crippen LogP contribution < -0.4 is 5.32 Å². The van der Waals surface area contributed by atoms with Crippen LogP contribution >= 0.6 is 46.4 Å². The summed E-state index contributed by atoms with van der Waals surface area (Å²) in [4.78, 5) is 11.3. The Morgan fingerprint density at radius 3 is 2.29 bits per heavy atom. The summed E-state index contributed by atoms with van der Waals surface area (Å²) in [7, 11) is 0. The van der Waals surface area contributed by atoms with Crippen LogP contribution in [0.5, 0.6) is 0 Å². The molecule has 1 amide bonds. The van der Waals surface area contributed by atoms with E-state index in [1.807, 2.05) is 0 Å². The molecule has 6 heteroatoms. The Kier molecular flexibility index (Phi) is 4.63. The monoisotopic (exact) mass is 277 g/mol. The van der Waals surface area contributed by atoms with Crippen LogP contribution in [0.15, 0.2) is 0 Å². The second-order valence-corrected chi connectivity index (χ2v) is 6.22. The first kappa shape index (κ1) is 12.7. The molecule has 1 fully saturated rings. The topological polar surface area (TPSA) is 29.1 Å². The fraction of sp³-hybridized carbons (Fsp3) is 0.875. The van der Waals surface area contributed by atoms with Crippen LogP contribution in [0, 0.1) is 0 Å². The van der Waals surface area contributed by atoms with E-state index in [1.54, 1.807) is 0 Å². The Balaban J connectivity index is 2.46. The zero-order valence-corrected chi connectivity index (χ0v) is 10.4. The zero-order chi connectivity index (χ0) is 10.8. The average molecular weight is 279 g/mol. The minimum absolute atomic E-state index is 0.0555. The normalized spacial score (nSPS) is 28.6. The first-order valence-electron chi connectivity index (χ1n) is 4.43. The molecule has 0 radical (unpaired) electrons. The minimum Gasteiger partial charge on any atom is -0.348 e. The largest absolute Gasteiger partial charge is 0.348 e. The van der Waals surface area contributed by atoms with Crippen molar-refractivity contribution in [2.45, 2.75) is 40.9 Å². The molecule has 0 unspecified atom stereocenters. The van der Waals surface area contributed by atoms with Crippen molar-refractivity contribution in [3.05, 3.63) is 0 Å². The van der Waals surface area contributed by atoms with Gasteiger partial charge in [0.2, 0.25) is 0 Å². The Labute approximate surface area is 103 Å². The van der Waals surface area contributed by atoms with Crippen molar-refractivity contribution in [2.75, 3.05) is 0 Å². The van der Waals surface area contributed by atoms with Gasteiger partial charge in [-0.2, -0.15) is 0 Å². The molecule has 0 spiro atoms. The van der Waals surface area contributed by atoms with E-state index in [1.165, 1.54) is 0 Å². The van der Waals surface area contributed by atoms with Gasteiger partial charge in [0.1, 0.15) is 0 Å². The number of halogens is 4. The van der Waals surface area contributed by atoms with E-state index < -0.39 is 9.70 Å². The third-order valence-corrected chi connectivity index (χ3v) is 3.29. The van der Waals surface area contributed by atoms with Gasteiger partial charge in [0.25, 0.3) is 9.70 Å². The fourth-order valence-electron chi connectivity index (χ4n) is 1.50. The highest BCUT2D eigenvalue weighted by atomic mass is 35.6. The molecule has 0 saturated heterocycles. The molecular weight excluding hydrogens is 268 g/mol. The maximum Gasteiger partial charge on any atom is 0.272 e. The minimum atomic E-state index is -1.89. The molecule has 0 aromatic heterocycles. The Morgan fingerprint density at radius 1 is 1.21 bits per heavy atom. The standard InChI is InChI=1S/C8H11Cl4NO/c9-5-3-1-2-4-6(5)13-7(14)8(10,11)12/h5-6H,1-4H2,(H,13,14)/t5-,6-/m0/s1. The van der Waals surface area contributed by atoms with Crippen LogP contribution in [0.3, 0.4) is 0 Å². The summed E-state index contributed by atoms with van der Waals surface area (Å²) in [6.45, 7) is 0. The van der Waals surface area contributed by atoms with Crippen LogP contribution in [0.1, 0.15) is 25.7 Å². The van der Waals surface area contributed by atoms with Gasteiger partial charge >= 0.3 is 0 Å². The van der Waals surface area contributed by atoms with E-state index in [9.17, 15) is 4.79 Å². The number of hydrogen-bond acceptors (Lipinski definition) is 1. The summed E-state index contributed by atoms with van der Waals surface area (Å²) in [5.74, 6) is -0.597. The van der Waals surface area contributed by atoms with E-state index in [2.05, 4.69) is 5.32 Å². The second-order valence-electron chi connectivity index (χ2n) is 3.38. The summed E-state index contributed by atoms with van der Waals surface area (Å²) < 4.78 is -1.89. The van der Waals surface area contributed by atoms with E-state index >= 15 is 0 Å². The molecule has 0 heterocycles. The number of hydrogen-bond donors (Lipinski definition) is 1. The predicted octanol–water partition coefficient (Wildman–Crippen LogP) is 3.02. The number of nitrogens with one attached hydrogen (secondary N) is 1. The molecule has 0 aromatic carbocycles. The maximum absolute atomic E-state index is 11.3. The highest BCUT2D eigenvalue weighted by molar-refractivity contribution is 6.76. The van der Waals surface area contributed by atoms with Gasteiger partial charge in [-0.25, -0.2) is 0 Å². The predicted molar refractivity (Wildman–Crippen MR) is 60.3 cm³/mol. The van der Waals surface area contributed by atoms with Gasteiger partial charge in [0, 0.05) is 6.04 Å². The molecule has 1 aliphatic rings. The Bertz CT molecular complexity index is 216. The molecule has 0 bridgehead atoms.